The Bertz CT molecular complexity index is 1100. The molecule has 160 valence electrons. The number of nitrogens with zero attached hydrogens (tertiary/aromatic N) is 3. The van der Waals surface area contributed by atoms with Crippen LogP contribution in [-0.4, -0.2) is 54.6 Å². The predicted octanol–water partition coefficient (Wildman–Crippen LogP) is 3.32. The Morgan fingerprint density at radius 1 is 1.03 bits per heavy atom. The van der Waals surface area contributed by atoms with Gasteiger partial charge in [0.25, 0.3) is 11.6 Å². The average molecular weight is 452 g/mol. The number of hydrogen-bond donors (Lipinski definition) is 0. The summed E-state index contributed by atoms with van der Waals surface area (Å²) in [5.41, 5.74) is 2.35. The molecule has 1 aliphatic heterocycles. The molecule has 0 spiro atoms. The number of halogens is 1. The highest BCUT2D eigenvalue weighted by Gasteiger charge is 2.33. The first-order chi connectivity index (χ1) is 14.0. The molecular formula is C20H22ClN3O5S. The van der Waals surface area contributed by atoms with Gasteiger partial charge in [-0.1, -0.05) is 29.3 Å². The maximum Gasteiger partial charge on any atom is 0.270 e. The summed E-state index contributed by atoms with van der Waals surface area (Å²) >= 11 is 6.06. The van der Waals surface area contributed by atoms with Crippen LogP contribution in [0.5, 0.6) is 0 Å². The van der Waals surface area contributed by atoms with E-state index >= 15 is 0 Å². The van der Waals surface area contributed by atoms with E-state index in [2.05, 4.69) is 0 Å². The number of sulfonamides is 1. The van der Waals surface area contributed by atoms with Gasteiger partial charge in [0.15, 0.2) is 0 Å². The Kier molecular flexibility index (Phi) is 6.16. The summed E-state index contributed by atoms with van der Waals surface area (Å²) in [6.07, 6.45) is 0. The highest BCUT2D eigenvalue weighted by atomic mass is 35.5. The zero-order valence-corrected chi connectivity index (χ0v) is 18.5. The van der Waals surface area contributed by atoms with Crippen molar-refractivity contribution in [2.24, 2.45) is 0 Å². The van der Waals surface area contributed by atoms with Gasteiger partial charge in [-0.05, 0) is 38.0 Å². The molecule has 10 heteroatoms. The molecule has 1 amide bonds. The second kappa shape index (κ2) is 8.33. The van der Waals surface area contributed by atoms with Gasteiger partial charge < -0.3 is 4.90 Å². The van der Waals surface area contributed by atoms with Gasteiger partial charge >= 0.3 is 0 Å². The Morgan fingerprint density at radius 3 is 2.10 bits per heavy atom. The van der Waals surface area contributed by atoms with Crippen molar-refractivity contribution in [2.75, 3.05) is 26.2 Å². The van der Waals surface area contributed by atoms with Crippen molar-refractivity contribution in [2.45, 2.75) is 25.7 Å². The van der Waals surface area contributed by atoms with E-state index < -0.39 is 14.9 Å². The van der Waals surface area contributed by atoms with Crippen molar-refractivity contribution in [3.8, 4) is 0 Å². The minimum Gasteiger partial charge on any atom is -0.336 e. The van der Waals surface area contributed by atoms with Crippen LogP contribution in [0.25, 0.3) is 0 Å². The molecule has 0 radical (unpaired) electrons. The number of piperazine rings is 1. The standard InChI is InChI=1S/C20H22ClN3O5S/c1-13-10-14(2)19(15(3)11-13)30(28,29)23-8-6-22(7-9-23)20(25)17-5-4-16(24(26)27)12-18(17)21/h4-5,10-12H,6-9H2,1-3H3. The Morgan fingerprint density at radius 2 is 1.60 bits per heavy atom. The molecule has 1 fully saturated rings. The number of rotatable bonds is 4. The summed E-state index contributed by atoms with van der Waals surface area (Å²) in [5.74, 6) is -0.380. The summed E-state index contributed by atoms with van der Waals surface area (Å²) in [6.45, 7) is 6.21. The molecule has 0 aliphatic carbocycles. The smallest absolute Gasteiger partial charge is 0.270 e. The minimum absolute atomic E-state index is 0.00449. The summed E-state index contributed by atoms with van der Waals surface area (Å²) in [4.78, 5) is 24.9. The highest BCUT2D eigenvalue weighted by Crippen LogP contribution is 2.27. The fourth-order valence-electron chi connectivity index (χ4n) is 3.80. The van der Waals surface area contributed by atoms with Gasteiger partial charge in [0.2, 0.25) is 10.0 Å². The molecule has 1 saturated heterocycles. The maximum atomic E-state index is 13.2. The molecule has 0 unspecified atom stereocenters. The topological polar surface area (TPSA) is 101 Å². The SMILES string of the molecule is Cc1cc(C)c(S(=O)(=O)N2CCN(C(=O)c3ccc([N+](=O)[O-])cc3Cl)CC2)c(C)c1. The number of nitro groups is 1. The number of nitro benzene ring substituents is 1. The third-order valence-electron chi connectivity index (χ3n) is 5.12. The number of amides is 1. The van der Waals surface area contributed by atoms with Crippen LogP contribution in [-0.2, 0) is 10.0 Å². The quantitative estimate of drug-likeness (QED) is 0.524. The maximum absolute atomic E-state index is 13.2. The van der Waals surface area contributed by atoms with Crippen molar-refractivity contribution in [1.82, 2.24) is 9.21 Å². The number of carbonyl (C=O) groups excluding carboxylic acids is 1. The molecule has 0 atom stereocenters. The lowest BCUT2D eigenvalue weighted by atomic mass is 10.1. The lowest BCUT2D eigenvalue weighted by Crippen LogP contribution is -2.50. The molecule has 2 aromatic rings. The molecule has 0 aromatic heterocycles. The van der Waals surface area contributed by atoms with Gasteiger partial charge in [0.05, 0.1) is 20.4 Å². The van der Waals surface area contributed by atoms with Crippen molar-refractivity contribution in [1.29, 1.82) is 0 Å². The molecule has 1 heterocycles. The second-order valence-electron chi connectivity index (χ2n) is 7.35. The summed E-state index contributed by atoms with van der Waals surface area (Å²) in [5, 5.41) is 10.8. The number of benzene rings is 2. The van der Waals surface area contributed by atoms with Gasteiger partial charge in [-0.2, -0.15) is 4.31 Å². The predicted molar refractivity (Wildman–Crippen MR) is 113 cm³/mol. The normalized spacial score (nSPS) is 15.3. The molecule has 0 saturated carbocycles. The monoisotopic (exact) mass is 451 g/mol. The molecule has 1 aliphatic rings. The first kappa shape index (κ1) is 22.2. The largest absolute Gasteiger partial charge is 0.336 e. The zero-order valence-electron chi connectivity index (χ0n) is 16.9. The van der Waals surface area contributed by atoms with Gasteiger partial charge in [-0.15, -0.1) is 0 Å². The van der Waals surface area contributed by atoms with Crippen molar-refractivity contribution < 1.29 is 18.1 Å². The molecule has 2 aromatic carbocycles. The highest BCUT2D eigenvalue weighted by molar-refractivity contribution is 7.89. The lowest BCUT2D eigenvalue weighted by molar-refractivity contribution is -0.384. The average Bonchev–Trinajstić information content (AvgIpc) is 2.66. The van der Waals surface area contributed by atoms with Crippen molar-refractivity contribution >= 4 is 33.2 Å². The summed E-state index contributed by atoms with van der Waals surface area (Å²) in [6, 6.07) is 7.37. The van der Waals surface area contributed by atoms with Crippen LogP contribution in [0.2, 0.25) is 5.02 Å². The van der Waals surface area contributed by atoms with E-state index in [1.165, 1.54) is 21.3 Å². The van der Waals surface area contributed by atoms with Crippen LogP contribution in [0.3, 0.4) is 0 Å². The molecule has 3 rings (SSSR count). The van der Waals surface area contributed by atoms with Gasteiger partial charge in [-0.3, -0.25) is 14.9 Å². The Labute approximate surface area is 180 Å². The van der Waals surface area contributed by atoms with Crippen molar-refractivity contribution in [3.63, 3.8) is 0 Å². The van der Waals surface area contributed by atoms with Crippen LogP contribution >= 0.6 is 11.6 Å². The summed E-state index contributed by atoms with van der Waals surface area (Å²) in [7, 11) is -3.68. The first-order valence-corrected chi connectivity index (χ1v) is 11.2. The molecule has 8 nitrogen and oxygen atoms in total. The number of aryl methyl sites for hydroxylation is 3. The van der Waals surface area contributed by atoms with E-state index in [4.69, 9.17) is 11.6 Å². The van der Waals surface area contributed by atoms with E-state index in [9.17, 15) is 23.3 Å². The Hall–Kier alpha value is -2.49. The van der Waals surface area contributed by atoms with E-state index in [-0.39, 0.29) is 48.4 Å². The van der Waals surface area contributed by atoms with E-state index in [1.807, 2.05) is 19.1 Å². The third-order valence-corrected chi connectivity index (χ3v) is 7.64. The van der Waals surface area contributed by atoms with Crippen LogP contribution in [0.15, 0.2) is 35.2 Å². The molecule has 0 bridgehead atoms. The molecule has 0 N–H and O–H groups in total. The van der Waals surface area contributed by atoms with Gasteiger partial charge in [0.1, 0.15) is 0 Å². The number of carbonyl (C=O) groups is 1. The second-order valence-corrected chi connectivity index (χ2v) is 9.63. The van der Waals surface area contributed by atoms with Crippen molar-refractivity contribution in [3.05, 3.63) is 67.7 Å². The summed E-state index contributed by atoms with van der Waals surface area (Å²) < 4.78 is 27.7. The van der Waals surface area contributed by atoms with E-state index in [1.54, 1.807) is 13.8 Å². The molecule has 30 heavy (non-hydrogen) atoms. The third kappa shape index (κ3) is 4.19. The molecular weight excluding hydrogens is 430 g/mol. The van der Waals surface area contributed by atoms with Gasteiger partial charge in [0, 0.05) is 38.3 Å². The Balaban J connectivity index is 1.76. The fourth-order valence-corrected chi connectivity index (χ4v) is 5.89. The lowest BCUT2D eigenvalue weighted by Gasteiger charge is -2.34. The first-order valence-electron chi connectivity index (χ1n) is 9.33. The zero-order chi connectivity index (χ0) is 22.2. The van der Waals surface area contributed by atoms with Crippen LogP contribution in [0, 0.1) is 30.9 Å². The van der Waals surface area contributed by atoms with Crippen LogP contribution in [0.4, 0.5) is 5.69 Å². The number of hydrogen-bond acceptors (Lipinski definition) is 5. The minimum atomic E-state index is -3.68. The van der Waals surface area contributed by atoms with E-state index in [0.29, 0.717) is 16.0 Å². The van der Waals surface area contributed by atoms with Crippen LogP contribution in [0.1, 0.15) is 27.0 Å². The van der Waals surface area contributed by atoms with E-state index in [0.717, 1.165) is 11.6 Å². The van der Waals surface area contributed by atoms with Gasteiger partial charge in [-0.25, -0.2) is 8.42 Å². The van der Waals surface area contributed by atoms with Crippen LogP contribution < -0.4 is 0 Å². The fraction of sp³-hybridized carbons (Fsp3) is 0.350. The number of non-ortho nitro benzene ring substituents is 1.